The van der Waals surface area contributed by atoms with Crippen LogP contribution in [0.4, 0.5) is 0 Å². The molecular formula is C55H107NO5. The molecule has 2 unspecified atom stereocenters. The molecule has 0 aliphatic carbocycles. The van der Waals surface area contributed by atoms with Gasteiger partial charge in [0.25, 0.3) is 0 Å². The van der Waals surface area contributed by atoms with Crippen LogP contribution in [0.15, 0.2) is 12.2 Å². The number of carbonyl (C=O) groups is 2. The van der Waals surface area contributed by atoms with Crippen molar-refractivity contribution in [2.45, 2.75) is 315 Å². The highest BCUT2D eigenvalue weighted by Crippen LogP contribution is 2.17. The van der Waals surface area contributed by atoms with Crippen LogP contribution >= 0.6 is 0 Å². The number of ether oxygens (including phenoxy) is 1. The van der Waals surface area contributed by atoms with Crippen LogP contribution < -0.4 is 5.32 Å². The summed E-state index contributed by atoms with van der Waals surface area (Å²) >= 11 is 0. The van der Waals surface area contributed by atoms with Crippen LogP contribution in [0.5, 0.6) is 0 Å². The van der Waals surface area contributed by atoms with Crippen molar-refractivity contribution in [2.24, 2.45) is 0 Å². The fourth-order valence-electron chi connectivity index (χ4n) is 8.58. The first-order chi connectivity index (χ1) is 30.0. The molecule has 0 spiro atoms. The van der Waals surface area contributed by atoms with Gasteiger partial charge in [0, 0.05) is 12.8 Å². The van der Waals surface area contributed by atoms with E-state index in [0.29, 0.717) is 25.9 Å². The van der Waals surface area contributed by atoms with Gasteiger partial charge in [0.05, 0.1) is 25.4 Å². The van der Waals surface area contributed by atoms with Gasteiger partial charge in [-0.1, -0.05) is 251 Å². The molecule has 0 aromatic heterocycles. The molecule has 1 amide bonds. The number of nitrogens with one attached hydrogen (secondary N) is 1. The highest BCUT2D eigenvalue weighted by Gasteiger charge is 2.20. The highest BCUT2D eigenvalue weighted by molar-refractivity contribution is 5.76. The monoisotopic (exact) mass is 862 g/mol. The van der Waals surface area contributed by atoms with E-state index in [4.69, 9.17) is 4.74 Å². The Morgan fingerprint density at radius 1 is 0.443 bits per heavy atom. The summed E-state index contributed by atoms with van der Waals surface area (Å²) in [6.07, 6.45) is 59.0. The lowest BCUT2D eigenvalue weighted by Gasteiger charge is -2.22. The molecule has 0 fully saturated rings. The maximum Gasteiger partial charge on any atom is 0.305 e. The summed E-state index contributed by atoms with van der Waals surface area (Å²) in [6, 6.07) is -0.552. The van der Waals surface area contributed by atoms with Gasteiger partial charge in [0.2, 0.25) is 5.91 Å². The van der Waals surface area contributed by atoms with E-state index >= 15 is 0 Å². The number of amides is 1. The van der Waals surface area contributed by atoms with Crippen molar-refractivity contribution in [1.29, 1.82) is 0 Å². The van der Waals surface area contributed by atoms with Gasteiger partial charge in [0.1, 0.15) is 0 Å². The summed E-state index contributed by atoms with van der Waals surface area (Å²) in [6.45, 7) is 4.93. The Balaban J connectivity index is 3.47. The van der Waals surface area contributed by atoms with E-state index in [2.05, 4.69) is 31.3 Å². The van der Waals surface area contributed by atoms with E-state index in [1.807, 2.05) is 0 Å². The topological polar surface area (TPSA) is 95.9 Å². The van der Waals surface area contributed by atoms with E-state index in [1.165, 1.54) is 199 Å². The molecule has 6 heteroatoms. The Morgan fingerprint density at radius 2 is 0.770 bits per heavy atom. The van der Waals surface area contributed by atoms with Crippen molar-refractivity contribution in [3.8, 4) is 0 Å². The highest BCUT2D eigenvalue weighted by atomic mass is 16.5. The van der Waals surface area contributed by atoms with Gasteiger partial charge in [-0.05, 0) is 51.4 Å². The summed E-state index contributed by atoms with van der Waals surface area (Å²) in [7, 11) is 0. The van der Waals surface area contributed by atoms with Gasteiger partial charge < -0.3 is 20.3 Å². The molecule has 0 bridgehead atoms. The van der Waals surface area contributed by atoms with Gasteiger partial charge in [-0.25, -0.2) is 0 Å². The van der Waals surface area contributed by atoms with E-state index < -0.39 is 12.1 Å². The molecular weight excluding hydrogens is 755 g/mol. The zero-order valence-electron chi connectivity index (χ0n) is 41.2. The zero-order chi connectivity index (χ0) is 44.4. The molecule has 0 aromatic carbocycles. The van der Waals surface area contributed by atoms with E-state index in [0.717, 1.165) is 70.6 Å². The average Bonchev–Trinajstić information content (AvgIpc) is 3.26. The molecule has 3 N–H and O–H groups in total. The number of aliphatic hydroxyl groups is 2. The molecule has 0 heterocycles. The van der Waals surface area contributed by atoms with Crippen LogP contribution in [-0.4, -0.2) is 47.4 Å². The van der Waals surface area contributed by atoms with Crippen LogP contribution in [0, 0.1) is 0 Å². The van der Waals surface area contributed by atoms with Crippen molar-refractivity contribution in [2.75, 3.05) is 13.2 Å². The zero-order valence-corrected chi connectivity index (χ0v) is 41.2. The Hall–Kier alpha value is -1.40. The lowest BCUT2D eigenvalue weighted by Crippen LogP contribution is -2.45. The maximum atomic E-state index is 12.5. The van der Waals surface area contributed by atoms with Crippen molar-refractivity contribution in [1.82, 2.24) is 5.32 Å². The number of hydrogen-bond acceptors (Lipinski definition) is 5. The van der Waals surface area contributed by atoms with Gasteiger partial charge in [-0.15, -0.1) is 0 Å². The second-order valence-corrected chi connectivity index (χ2v) is 18.9. The molecule has 0 aliphatic heterocycles. The van der Waals surface area contributed by atoms with Gasteiger partial charge in [0.15, 0.2) is 0 Å². The van der Waals surface area contributed by atoms with Gasteiger partial charge in [-0.2, -0.15) is 0 Å². The van der Waals surface area contributed by atoms with Crippen LogP contribution in [0.25, 0.3) is 0 Å². The molecule has 362 valence electrons. The lowest BCUT2D eigenvalue weighted by atomic mass is 10.0. The molecule has 61 heavy (non-hydrogen) atoms. The van der Waals surface area contributed by atoms with Crippen molar-refractivity contribution < 1.29 is 24.5 Å². The minimum atomic E-state index is -0.673. The Bertz CT molecular complexity index is 909. The van der Waals surface area contributed by atoms with Crippen LogP contribution in [0.2, 0.25) is 0 Å². The Morgan fingerprint density at radius 3 is 1.16 bits per heavy atom. The largest absolute Gasteiger partial charge is 0.466 e. The molecule has 0 saturated heterocycles. The maximum absolute atomic E-state index is 12.5. The fourth-order valence-corrected chi connectivity index (χ4v) is 8.58. The third kappa shape index (κ3) is 47.9. The predicted octanol–water partition coefficient (Wildman–Crippen LogP) is 16.5. The average molecular weight is 862 g/mol. The molecule has 2 atom stereocenters. The standard InChI is InChI=1S/C55H107NO5/c1-3-5-7-9-11-13-15-17-18-20-24-27-31-35-39-43-47-53(58)52(51-57)56-54(59)48-44-40-36-32-28-25-21-19-22-26-30-34-38-42-46-50-61-55(60)49-45-41-37-33-29-23-16-14-12-10-8-6-4-2/h22,26,52-53,57-58H,3-21,23-25,27-51H2,1-2H3,(H,56,59)/b26-22-. The third-order valence-corrected chi connectivity index (χ3v) is 12.8. The molecule has 0 aliphatic rings. The Kier molecular flexibility index (Phi) is 50.1. The van der Waals surface area contributed by atoms with Crippen molar-refractivity contribution >= 4 is 11.9 Å². The van der Waals surface area contributed by atoms with Crippen molar-refractivity contribution in [3.05, 3.63) is 12.2 Å². The second-order valence-electron chi connectivity index (χ2n) is 18.9. The van der Waals surface area contributed by atoms with E-state index in [-0.39, 0.29) is 18.5 Å². The molecule has 0 aromatic rings. The van der Waals surface area contributed by atoms with Crippen LogP contribution in [0.1, 0.15) is 303 Å². The molecule has 6 nitrogen and oxygen atoms in total. The summed E-state index contributed by atoms with van der Waals surface area (Å²) < 4.78 is 5.45. The molecule has 0 saturated carbocycles. The molecule has 0 radical (unpaired) electrons. The quantitative estimate of drug-likeness (QED) is 0.0322. The fraction of sp³-hybridized carbons (Fsp3) is 0.927. The van der Waals surface area contributed by atoms with E-state index in [9.17, 15) is 19.8 Å². The first kappa shape index (κ1) is 59.6. The minimum Gasteiger partial charge on any atom is -0.466 e. The van der Waals surface area contributed by atoms with Gasteiger partial charge in [-0.3, -0.25) is 9.59 Å². The van der Waals surface area contributed by atoms with Crippen LogP contribution in [-0.2, 0) is 14.3 Å². The molecule has 0 rings (SSSR count). The third-order valence-electron chi connectivity index (χ3n) is 12.8. The van der Waals surface area contributed by atoms with Crippen LogP contribution in [0.3, 0.4) is 0 Å². The summed E-state index contributed by atoms with van der Waals surface area (Å²) in [5.74, 6) is -0.0563. The van der Waals surface area contributed by atoms with E-state index in [1.54, 1.807) is 0 Å². The van der Waals surface area contributed by atoms with Crippen molar-refractivity contribution in [3.63, 3.8) is 0 Å². The SMILES string of the molecule is CCCCCCCCCCCCCCCCCCC(O)C(CO)NC(=O)CCCCCCCCC/C=C\CCCCCCOC(=O)CCCCCCCCCCCCCCC. The number of rotatable bonds is 51. The van der Waals surface area contributed by atoms with Gasteiger partial charge >= 0.3 is 5.97 Å². The summed E-state index contributed by atoms with van der Waals surface area (Å²) in [4.78, 5) is 24.5. The number of allylic oxidation sites excluding steroid dienone is 2. The Labute approximate surface area is 380 Å². The number of aliphatic hydroxyl groups excluding tert-OH is 2. The predicted molar refractivity (Wildman–Crippen MR) is 264 cm³/mol. The minimum absolute atomic E-state index is 0.00808. The summed E-state index contributed by atoms with van der Waals surface area (Å²) in [5, 5.41) is 23.3. The second kappa shape index (κ2) is 51.2. The number of esters is 1. The normalized spacial score (nSPS) is 12.7. The summed E-state index contributed by atoms with van der Waals surface area (Å²) in [5.41, 5.74) is 0. The number of hydrogen-bond donors (Lipinski definition) is 3. The number of unbranched alkanes of at least 4 members (excludes halogenated alkanes) is 38. The lowest BCUT2D eigenvalue weighted by molar-refractivity contribution is -0.143. The smallest absolute Gasteiger partial charge is 0.305 e. The first-order valence-corrected chi connectivity index (χ1v) is 27.4. The number of carbonyl (C=O) groups excluding carboxylic acids is 2. The first-order valence-electron chi connectivity index (χ1n) is 27.4.